The topological polar surface area (TPSA) is 68.0 Å². The molecule has 1 aromatic rings. The third kappa shape index (κ3) is 3.27. The quantitative estimate of drug-likeness (QED) is 0.836. The zero-order valence-electron chi connectivity index (χ0n) is 9.93. The second-order valence-electron chi connectivity index (χ2n) is 4.68. The van der Waals surface area contributed by atoms with Crippen LogP contribution in [-0.2, 0) is 4.79 Å². The second-order valence-corrected chi connectivity index (χ2v) is 4.68. The van der Waals surface area contributed by atoms with Gasteiger partial charge in [-0.15, -0.1) is 0 Å². The van der Waals surface area contributed by atoms with Crippen molar-refractivity contribution in [2.75, 3.05) is 11.9 Å². The molecule has 0 unspecified atom stereocenters. The maximum atomic E-state index is 12.0. The molecule has 0 spiro atoms. The van der Waals surface area contributed by atoms with Crippen molar-refractivity contribution < 1.29 is 4.79 Å². The standard InChI is InChI=1S/C13H19N3O/c14-9-10-1-3-11(4-2-10)13(17)16-12-5-7-15-8-6-12/h5-8,10-11H,1-4,9,14H2,(H,15,16,17). The van der Waals surface area contributed by atoms with Gasteiger partial charge in [-0.3, -0.25) is 9.78 Å². The highest BCUT2D eigenvalue weighted by Crippen LogP contribution is 2.28. The monoisotopic (exact) mass is 233 g/mol. The lowest BCUT2D eigenvalue weighted by atomic mass is 9.81. The van der Waals surface area contributed by atoms with Crippen molar-refractivity contribution in [3.05, 3.63) is 24.5 Å². The smallest absolute Gasteiger partial charge is 0.227 e. The van der Waals surface area contributed by atoms with E-state index in [9.17, 15) is 4.79 Å². The summed E-state index contributed by atoms with van der Waals surface area (Å²) in [5.74, 6) is 0.887. The summed E-state index contributed by atoms with van der Waals surface area (Å²) in [6.07, 6.45) is 7.43. The average molecular weight is 233 g/mol. The highest BCUT2D eigenvalue weighted by atomic mass is 16.1. The minimum Gasteiger partial charge on any atom is -0.330 e. The minimum atomic E-state index is 0.131. The third-order valence-electron chi connectivity index (χ3n) is 3.50. The van der Waals surface area contributed by atoms with Crippen molar-refractivity contribution in [3.63, 3.8) is 0 Å². The van der Waals surface area contributed by atoms with Crippen LogP contribution in [0.4, 0.5) is 5.69 Å². The first-order chi connectivity index (χ1) is 8.29. The average Bonchev–Trinajstić information content (AvgIpc) is 2.40. The van der Waals surface area contributed by atoms with Gasteiger partial charge in [0.05, 0.1) is 0 Å². The molecule has 0 aromatic carbocycles. The van der Waals surface area contributed by atoms with Crippen molar-refractivity contribution in [3.8, 4) is 0 Å². The molecule has 1 saturated carbocycles. The summed E-state index contributed by atoms with van der Waals surface area (Å²) in [5, 5.41) is 2.93. The Balaban J connectivity index is 1.85. The maximum absolute atomic E-state index is 12.0. The number of anilines is 1. The Morgan fingerprint density at radius 1 is 1.29 bits per heavy atom. The van der Waals surface area contributed by atoms with E-state index >= 15 is 0 Å². The number of nitrogens with two attached hydrogens (primary N) is 1. The van der Waals surface area contributed by atoms with E-state index in [-0.39, 0.29) is 11.8 Å². The number of hydrogen-bond acceptors (Lipinski definition) is 3. The summed E-state index contributed by atoms with van der Waals surface area (Å²) in [6.45, 7) is 0.749. The van der Waals surface area contributed by atoms with Crippen LogP contribution in [0, 0.1) is 11.8 Å². The molecule has 92 valence electrons. The van der Waals surface area contributed by atoms with E-state index in [1.807, 2.05) is 12.1 Å². The normalized spacial score (nSPS) is 24.3. The fraction of sp³-hybridized carbons (Fsp3) is 0.538. The lowest BCUT2D eigenvalue weighted by Crippen LogP contribution is -2.29. The number of nitrogens with zero attached hydrogens (tertiary/aromatic N) is 1. The molecular formula is C13H19N3O. The van der Waals surface area contributed by atoms with Crippen molar-refractivity contribution >= 4 is 11.6 Å². The maximum Gasteiger partial charge on any atom is 0.227 e. The Labute approximate surface area is 102 Å². The Morgan fingerprint density at radius 2 is 1.94 bits per heavy atom. The van der Waals surface area contributed by atoms with Gasteiger partial charge in [0.25, 0.3) is 0 Å². The molecule has 4 heteroatoms. The van der Waals surface area contributed by atoms with Crippen LogP contribution in [0.5, 0.6) is 0 Å². The Bertz CT molecular complexity index is 358. The largest absolute Gasteiger partial charge is 0.330 e. The summed E-state index contributed by atoms with van der Waals surface area (Å²) in [4.78, 5) is 15.9. The van der Waals surface area contributed by atoms with Gasteiger partial charge in [-0.2, -0.15) is 0 Å². The number of rotatable bonds is 3. The van der Waals surface area contributed by atoms with Crippen LogP contribution in [0.3, 0.4) is 0 Å². The molecule has 0 aliphatic heterocycles. The van der Waals surface area contributed by atoms with Gasteiger partial charge in [0.1, 0.15) is 0 Å². The van der Waals surface area contributed by atoms with Crippen LogP contribution in [-0.4, -0.2) is 17.4 Å². The second kappa shape index (κ2) is 5.77. The van der Waals surface area contributed by atoms with E-state index in [4.69, 9.17) is 5.73 Å². The number of aromatic nitrogens is 1. The Morgan fingerprint density at radius 3 is 2.53 bits per heavy atom. The van der Waals surface area contributed by atoms with Crippen molar-refractivity contribution in [1.29, 1.82) is 0 Å². The highest BCUT2D eigenvalue weighted by Gasteiger charge is 2.25. The molecule has 0 atom stereocenters. The molecule has 1 aliphatic rings. The zero-order valence-corrected chi connectivity index (χ0v) is 9.93. The van der Waals surface area contributed by atoms with Gasteiger partial charge >= 0.3 is 0 Å². The molecule has 1 amide bonds. The van der Waals surface area contributed by atoms with Crippen molar-refractivity contribution in [2.45, 2.75) is 25.7 Å². The number of hydrogen-bond donors (Lipinski definition) is 2. The van der Waals surface area contributed by atoms with E-state index < -0.39 is 0 Å². The zero-order chi connectivity index (χ0) is 12.1. The molecule has 4 nitrogen and oxygen atoms in total. The van der Waals surface area contributed by atoms with Crippen LogP contribution in [0.15, 0.2) is 24.5 Å². The Hall–Kier alpha value is -1.42. The van der Waals surface area contributed by atoms with Crippen LogP contribution >= 0.6 is 0 Å². The van der Waals surface area contributed by atoms with Gasteiger partial charge in [0, 0.05) is 24.0 Å². The van der Waals surface area contributed by atoms with Gasteiger partial charge in [-0.1, -0.05) is 0 Å². The first-order valence-electron chi connectivity index (χ1n) is 6.20. The lowest BCUT2D eigenvalue weighted by molar-refractivity contribution is -0.121. The van der Waals surface area contributed by atoms with Gasteiger partial charge in [0.15, 0.2) is 0 Å². The molecule has 17 heavy (non-hydrogen) atoms. The summed E-state index contributed by atoms with van der Waals surface area (Å²) in [5.41, 5.74) is 6.47. The predicted molar refractivity (Wildman–Crippen MR) is 67.4 cm³/mol. The molecular weight excluding hydrogens is 214 g/mol. The van der Waals surface area contributed by atoms with Crippen LogP contribution in [0.2, 0.25) is 0 Å². The highest BCUT2D eigenvalue weighted by molar-refractivity contribution is 5.92. The number of amides is 1. The van der Waals surface area contributed by atoms with E-state index in [0.717, 1.165) is 37.9 Å². The van der Waals surface area contributed by atoms with Gasteiger partial charge in [-0.25, -0.2) is 0 Å². The molecule has 3 N–H and O–H groups in total. The molecule has 0 bridgehead atoms. The summed E-state index contributed by atoms with van der Waals surface area (Å²) < 4.78 is 0. The van der Waals surface area contributed by atoms with E-state index in [2.05, 4.69) is 10.3 Å². The predicted octanol–water partition coefficient (Wildman–Crippen LogP) is 1.79. The molecule has 0 radical (unpaired) electrons. The Kier molecular flexibility index (Phi) is 4.09. The number of pyridine rings is 1. The van der Waals surface area contributed by atoms with Crippen molar-refractivity contribution in [1.82, 2.24) is 4.98 Å². The third-order valence-corrected chi connectivity index (χ3v) is 3.50. The van der Waals surface area contributed by atoms with E-state index in [1.165, 1.54) is 0 Å². The van der Waals surface area contributed by atoms with E-state index in [0.29, 0.717) is 5.92 Å². The van der Waals surface area contributed by atoms with E-state index in [1.54, 1.807) is 12.4 Å². The molecule has 1 aliphatic carbocycles. The molecule has 1 heterocycles. The van der Waals surface area contributed by atoms with Crippen LogP contribution in [0.1, 0.15) is 25.7 Å². The SMILES string of the molecule is NCC1CCC(C(=O)Nc2ccncc2)CC1. The van der Waals surface area contributed by atoms with Gasteiger partial charge in [-0.05, 0) is 50.3 Å². The summed E-state index contributed by atoms with van der Waals surface area (Å²) in [7, 11) is 0. The first-order valence-corrected chi connectivity index (χ1v) is 6.20. The fourth-order valence-corrected chi connectivity index (χ4v) is 2.34. The fourth-order valence-electron chi connectivity index (χ4n) is 2.34. The van der Waals surface area contributed by atoms with Crippen LogP contribution in [0.25, 0.3) is 0 Å². The number of carbonyl (C=O) groups excluding carboxylic acids is 1. The molecule has 0 saturated heterocycles. The minimum absolute atomic E-state index is 0.131. The first kappa shape index (κ1) is 12.0. The van der Waals surface area contributed by atoms with Gasteiger partial charge < -0.3 is 11.1 Å². The number of carbonyl (C=O) groups is 1. The number of nitrogens with one attached hydrogen (secondary N) is 1. The van der Waals surface area contributed by atoms with Crippen LogP contribution < -0.4 is 11.1 Å². The lowest BCUT2D eigenvalue weighted by Gasteiger charge is -2.26. The molecule has 2 rings (SSSR count). The van der Waals surface area contributed by atoms with Crippen molar-refractivity contribution in [2.24, 2.45) is 17.6 Å². The summed E-state index contributed by atoms with van der Waals surface area (Å²) in [6, 6.07) is 3.62. The molecule has 1 aromatic heterocycles. The van der Waals surface area contributed by atoms with Gasteiger partial charge in [0.2, 0.25) is 5.91 Å². The molecule has 1 fully saturated rings. The summed E-state index contributed by atoms with van der Waals surface area (Å²) >= 11 is 0.